The van der Waals surface area contributed by atoms with Crippen LogP contribution in [0.1, 0.15) is 17.4 Å². The summed E-state index contributed by atoms with van der Waals surface area (Å²) in [5.41, 5.74) is 0.531. The lowest BCUT2D eigenvalue weighted by atomic mass is 10.3. The van der Waals surface area contributed by atoms with Crippen LogP contribution in [0, 0.1) is 6.92 Å². The Morgan fingerprint density at radius 3 is 2.95 bits per heavy atom. The molecule has 0 fully saturated rings. The topological polar surface area (TPSA) is 98.3 Å². The number of aromatic nitrogens is 3. The molecule has 1 N–H and O–H groups in total. The minimum absolute atomic E-state index is 0.160. The fraction of sp³-hybridized carbons (Fsp3) is 0.167. The van der Waals surface area contributed by atoms with Crippen molar-refractivity contribution in [3.8, 4) is 5.75 Å². The zero-order valence-corrected chi connectivity index (χ0v) is 10.1. The molecule has 0 aliphatic heterocycles. The van der Waals surface area contributed by atoms with E-state index < -0.39 is 5.97 Å². The number of carboxylic acid groups (broad SMARTS) is 1. The summed E-state index contributed by atoms with van der Waals surface area (Å²) < 4.78 is 10.3. The van der Waals surface area contributed by atoms with Gasteiger partial charge >= 0.3 is 5.97 Å². The Balaban J connectivity index is 1.93. The second-order valence-corrected chi connectivity index (χ2v) is 3.61. The Labute approximate surface area is 108 Å². The summed E-state index contributed by atoms with van der Waals surface area (Å²) in [6.07, 6.45) is 3.91. The van der Waals surface area contributed by atoms with Crippen molar-refractivity contribution >= 4 is 12.0 Å². The first kappa shape index (κ1) is 12.7. The predicted molar refractivity (Wildman–Crippen MR) is 64.3 cm³/mol. The third-order valence-electron chi connectivity index (χ3n) is 2.09. The minimum atomic E-state index is -1.02. The standard InChI is InChI=1S/C12H11N3O4/c1-8-14-11(19-15-8)7-18-10-4-2-9(13-6-10)3-5-12(16)17/h2-6H,7H2,1H3,(H,16,17). The summed E-state index contributed by atoms with van der Waals surface area (Å²) in [4.78, 5) is 18.4. The van der Waals surface area contributed by atoms with Gasteiger partial charge < -0.3 is 14.4 Å². The zero-order chi connectivity index (χ0) is 13.7. The molecule has 7 heteroatoms. The van der Waals surface area contributed by atoms with Crippen LogP contribution in [0.2, 0.25) is 0 Å². The molecule has 0 aromatic carbocycles. The lowest BCUT2D eigenvalue weighted by Gasteiger charge is -2.02. The van der Waals surface area contributed by atoms with Crippen molar-refractivity contribution in [1.29, 1.82) is 0 Å². The highest BCUT2D eigenvalue weighted by Gasteiger charge is 2.03. The third kappa shape index (κ3) is 3.91. The van der Waals surface area contributed by atoms with Crippen LogP contribution in [0.4, 0.5) is 0 Å². The molecule has 19 heavy (non-hydrogen) atoms. The summed E-state index contributed by atoms with van der Waals surface area (Å²) in [5, 5.41) is 12.1. The van der Waals surface area contributed by atoms with E-state index in [1.54, 1.807) is 19.1 Å². The fourth-order valence-electron chi connectivity index (χ4n) is 1.28. The van der Waals surface area contributed by atoms with Crippen LogP contribution in [0.5, 0.6) is 5.75 Å². The maximum absolute atomic E-state index is 10.3. The molecule has 0 amide bonds. The van der Waals surface area contributed by atoms with E-state index in [4.69, 9.17) is 14.4 Å². The van der Waals surface area contributed by atoms with Crippen LogP contribution in [-0.4, -0.2) is 26.2 Å². The Bertz CT molecular complexity index is 589. The summed E-state index contributed by atoms with van der Waals surface area (Å²) >= 11 is 0. The number of nitrogens with zero attached hydrogens (tertiary/aromatic N) is 3. The Hall–Kier alpha value is -2.70. The SMILES string of the molecule is Cc1noc(COc2ccc(C=CC(=O)O)nc2)n1. The Kier molecular flexibility index (Phi) is 3.87. The smallest absolute Gasteiger partial charge is 0.328 e. The van der Waals surface area contributed by atoms with Crippen molar-refractivity contribution in [3.63, 3.8) is 0 Å². The Morgan fingerprint density at radius 2 is 2.37 bits per heavy atom. The first-order chi connectivity index (χ1) is 9.13. The van der Waals surface area contributed by atoms with Gasteiger partial charge in [-0.15, -0.1) is 0 Å². The van der Waals surface area contributed by atoms with Gasteiger partial charge in [0.1, 0.15) is 5.75 Å². The van der Waals surface area contributed by atoms with Crippen molar-refractivity contribution < 1.29 is 19.2 Å². The highest BCUT2D eigenvalue weighted by atomic mass is 16.5. The fourth-order valence-corrected chi connectivity index (χ4v) is 1.28. The largest absolute Gasteiger partial charge is 0.482 e. The van der Waals surface area contributed by atoms with E-state index in [-0.39, 0.29) is 6.61 Å². The number of ether oxygens (including phenoxy) is 1. The molecule has 0 bridgehead atoms. The second kappa shape index (κ2) is 5.76. The summed E-state index contributed by atoms with van der Waals surface area (Å²) in [6.45, 7) is 1.88. The van der Waals surface area contributed by atoms with Gasteiger partial charge in [-0.3, -0.25) is 4.98 Å². The van der Waals surface area contributed by atoms with Gasteiger partial charge in [0.25, 0.3) is 5.89 Å². The molecule has 0 radical (unpaired) electrons. The maximum Gasteiger partial charge on any atom is 0.328 e. The monoisotopic (exact) mass is 261 g/mol. The molecular weight excluding hydrogens is 250 g/mol. The number of carbonyl (C=O) groups is 1. The Morgan fingerprint density at radius 1 is 1.53 bits per heavy atom. The normalized spacial score (nSPS) is 10.8. The molecule has 0 saturated carbocycles. The van der Waals surface area contributed by atoms with Crippen molar-refractivity contribution in [2.75, 3.05) is 0 Å². The average molecular weight is 261 g/mol. The number of aryl methyl sites for hydroxylation is 1. The molecular formula is C12H11N3O4. The van der Waals surface area contributed by atoms with E-state index in [9.17, 15) is 4.79 Å². The lowest BCUT2D eigenvalue weighted by molar-refractivity contribution is -0.131. The quantitative estimate of drug-likeness (QED) is 0.813. The highest BCUT2D eigenvalue weighted by molar-refractivity contribution is 5.84. The van der Waals surface area contributed by atoms with Crippen molar-refractivity contribution in [2.45, 2.75) is 13.5 Å². The number of rotatable bonds is 5. The molecule has 2 heterocycles. The number of carboxylic acids is 1. The molecule has 0 unspecified atom stereocenters. The van der Waals surface area contributed by atoms with Gasteiger partial charge in [-0.05, 0) is 25.1 Å². The summed E-state index contributed by atoms with van der Waals surface area (Å²) in [6, 6.07) is 3.32. The summed E-state index contributed by atoms with van der Waals surface area (Å²) in [7, 11) is 0. The van der Waals surface area contributed by atoms with Crippen LogP contribution < -0.4 is 4.74 Å². The molecule has 0 saturated heterocycles. The molecule has 2 aromatic heterocycles. The maximum atomic E-state index is 10.3. The van der Waals surface area contributed by atoms with E-state index in [0.29, 0.717) is 23.2 Å². The van der Waals surface area contributed by atoms with E-state index in [1.165, 1.54) is 12.3 Å². The van der Waals surface area contributed by atoms with Crippen molar-refractivity contribution in [3.05, 3.63) is 41.8 Å². The molecule has 0 atom stereocenters. The minimum Gasteiger partial charge on any atom is -0.482 e. The molecule has 2 aromatic rings. The first-order valence-corrected chi connectivity index (χ1v) is 5.42. The molecule has 0 spiro atoms. The predicted octanol–water partition coefficient (Wildman–Crippen LogP) is 1.45. The van der Waals surface area contributed by atoms with Gasteiger partial charge in [-0.2, -0.15) is 4.98 Å². The van der Waals surface area contributed by atoms with Crippen molar-refractivity contribution in [1.82, 2.24) is 15.1 Å². The highest BCUT2D eigenvalue weighted by Crippen LogP contribution is 2.12. The first-order valence-electron chi connectivity index (χ1n) is 5.42. The van der Waals surface area contributed by atoms with Gasteiger partial charge in [0, 0.05) is 6.08 Å². The number of hydrogen-bond donors (Lipinski definition) is 1. The van der Waals surface area contributed by atoms with E-state index in [2.05, 4.69) is 15.1 Å². The van der Waals surface area contributed by atoms with Crippen LogP contribution >= 0.6 is 0 Å². The molecule has 0 aliphatic carbocycles. The van der Waals surface area contributed by atoms with Crippen LogP contribution in [-0.2, 0) is 11.4 Å². The lowest BCUT2D eigenvalue weighted by Crippen LogP contribution is -1.96. The zero-order valence-electron chi connectivity index (χ0n) is 10.1. The number of hydrogen-bond acceptors (Lipinski definition) is 6. The molecule has 0 aliphatic rings. The van der Waals surface area contributed by atoms with Crippen LogP contribution in [0.15, 0.2) is 28.9 Å². The van der Waals surface area contributed by atoms with Gasteiger partial charge in [0.05, 0.1) is 11.9 Å². The van der Waals surface area contributed by atoms with Crippen LogP contribution in [0.25, 0.3) is 6.08 Å². The molecule has 7 nitrogen and oxygen atoms in total. The van der Waals surface area contributed by atoms with E-state index in [1.807, 2.05) is 0 Å². The average Bonchev–Trinajstić information content (AvgIpc) is 2.81. The molecule has 98 valence electrons. The van der Waals surface area contributed by atoms with Crippen molar-refractivity contribution in [2.24, 2.45) is 0 Å². The summed E-state index contributed by atoms with van der Waals surface area (Å²) in [5.74, 6) is 0.440. The van der Waals surface area contributed by atoms with Crippen LogP contribution in [0.3, 0.4) is 0 Å². The van der Waals surface area contributed by atoms with E-state index >= 15 is 0 Å². The van der Waals surface area contributed by atoms with Gasteiger partial charge in [0.15, 0.2) is 12.4 Å². The second-order valence-electron chi connectivity index (χ2n) is 3.61. The van der Waals surface area contributed by atoms with Gasteiger partial charge in [-0.1, -0.05) is 5.16 Å². The number of aliphatic carboxylic acids is 1. The van der Waals surface area contributed by atoms with Gasteiger partial charge in [0.2, 0.25) is 0 Å². The van der Waals surface area contributed by atoms with Gasteiger partial charge in [-0.25, -0.2) is 4.79 Å². The van der Waals surface area contributed by atoms with E-state index in [0.717, 1.165) is 6.08 Å². The number of pyridine rings is 1. The molecule has 2 rings (SSSR count). The third-order valence-corrected chi connectivity index (χ3v) is 2.09.